The molecule has 4 aromatic rings. The molecule has 4 heterocycles. The fourth-order valence-corrected chi connectivity index (χ4v) is 5.20. The number of benzene rings is 1. The smallest absolute Gasteiger partial charge is 0.275 e. The Balaban J connectivity index is 1.62. The lowest BCUT2D eigenvalue weighted by Crippen LogP contribution is -2.42. The van der Waals surface area contributed by atoms with E-state index in [1.54, 1.807) is 7.05 Å². The number of ether oxygens (including phenoxy) is 1. The number of fused-ring (bicyclic) bond motifs is 2. The van der Waals surface area contributed by atoms with Gasteiger partial charge in [0.1, 0.15) is 28.9 Å². The van der Waals surface area contributed by atoms with Gasteiger partial charge in [0.05, 0.1) is 46.5 Å². The summed E-state index contributed by atoms with van der Waals surface area (Å²) >= 11 is 0. The van der Waals surface area contributed by atoms with Crippen molar-refractivity contribution in [1.82, 2.24) is 25.0 Å². The number of anilines is 2. The Hall–Kier alpha value is -4.50. The van der Waals surface area contributed by atoms with Crippen LogP contribution >= 0.6 is 0 Å². The molecular formula is C26H26FN9O2. The lowest BCUT2D eigenvalue weighted by atomic mass is 9.96. The molecule has 194 valence electrons. The topological polar surface area (TPSA) is 151 Å². The predicted octanol–water partition coefficient (Wildman–Crippen LogP) is 2.65. The highest BCUT2D eigenvalue weighted by molar-refractivity contribution is 5.97. The average molecular weight is 519 g/mol. The number of rotatable bonds is 5. The van der Waals surface area contributed by atoms with E-state index < -0.39 is 24.0 Å². The fraction of sp³-hybridized carbons (Fsp3) is 0.346. The Morgan fingerprint density at radius 1 is 1.42 bits per heavy atom. The molecule has 0 saturated heterocycles. The van der Waals surface area contributed by atoms with Gasteiger partial charge in [-0.3, -0.25) is 9.48 Å². The second-order valence-corrected chi connectivity index (χ2v) is 9.51. The van der Waals surface area contributed by atoms with Gasteiger partial charge in [0.25, 0.3) is 5.56 Å². The summed E-state index contributed by atoms with van der Waals surface area (Å²) in [5, 5.41) is 23.5. The summed E-state index contributed by atoms with van der Waals surface area (Å²) in [4.78, 5) is 19.2. The van der Waals surface area contributed by atoms with Crippen molar-refractivity contribution in [2.75, 3.05) is 30.3 Å². The van der Waals surface area contributed by atoms with Crippen LogP contribution in [0.4, 0.5) is 15.9 Å². The van der Waals surface area contributed by atoms with Gasteiger partial charge in [-0.15, -0.1) is 0 Å². The van der Waals surface area contributed by atoms with Crippen LogP contribution in [0.15, 0.2) is 23.1 Å². The van der Waals surface area contributed by atoms with Crippen LogP contribution in [0.3, 0.4) is 0 Å². The highest BCUT2D eigenvalue weighted by Crippen LogP contribution is 2.52. The highest BCUT2D eigenvalue weighted by Gasteiger charge is 2.51. The van der Waals surface area contributed by atoms with Crippen LogP contribution in [0.25, 0.3) is 33.3 Å². The summed E-state index contributed by atoms with van der Waals surface area (Å²) in [6, 6.07) is 5.05. The molecule has 6 rings (SSSR count). The van der Waals surface area contributed by atoms with Gasteiger partial charge in [0, 0.05) is 48.2 Å². The predicted molar refractivity (Wildman–Crippen MR) is 140 cm³/mol. The van der Waals surface area contributed by atoms with Crippen LogP contribution in [0.2, 0.25) is 0 Å². The maximum atomic E-state index is 16.1. The van der Waals surface area contributed by atoms with Crippen molar-refractivity contribution in [3.05, 3.63) is 45.8 Å². The molecule has 0 radical (unpaired) electrons. The number of aromatic nitrogens is 5. The summed E-state index contributed by atoms with van der Waals surface area (Å²) in [5.41, 5.74) is 6.32. The van der Waals surface area contributed by atoms with E-state index in [1.165, 1.54) is 23.0 Å². The van der Waals surface area contributed by atoms with E-state index in [0.29, 0.717) is 35.8 Å². The third kappa shape index (κ3) is 3.42. The lowest BCUT2D eigenvalue weighted by molar-refractivity contribution is 0.171. The largest absolute Gasteiger partial charge is 0.482 e. The van der Waals surface area contributed by atoms with Crippen LogP contribution in [-0.4, -0.2) is 50.6 Å². The average Bonchev–Trinajstić information content (AvgIpc) is 3.56. The Morgan fingerprint density at radius 2 is 2.24 bits per heavy atom. The van der Waals surface area contributed by atoms with Crippen molar-refractivity contribution in [2.24, 2.45) is 12.8 Å². The quantitative estimate of drug-likeness (QED) is 0.362. The zero-order chi connectivity index (χ0) is 29.3. The molecular weight excluding hydrogens is 489 g/mol. The normalized spacial score (nSPS) is 16.8. The third-order valence-electron chi connectivity index (χ3n) is 7.26. The van der Waals surface area contributed by atoms with Crippen molar-refractivity contribution in [1.29, 1.82) is 5.26 Å². The van der Waals surface area contributed by atoms with Crippen LogP contribution in [-0.2, 0) is 13.6 Å². The Labute approximate surface area is 221 Å². The van der Waals surface area contributed by atoms with Crippen LogP contribution in [0, 0.1) is 17.1 Å². The molecule has 0 bridgehead atoms. The number of aryl methyl sites for hydroxylation is 1. The van der Waals surface area contributed by atoms with Gasteiger partial charge in [-0.1, -0.05) is 0 Å². The first-order valence-electron chi connectivity index (χ1n) is 13.6. The van der Waals surface area contributed by atoms with E-state index in [9.17, 15) is 10.1 Å². The van der Waals surface area contributed by atoms with E-state index in [4.69, 9.17) is 14.6 Å². The van der Waals surface area contributed by atoms with Crippen molar-refractivity contribution in [2.45, 2.75) is 31.9 Å². The SMILES string of the molecule is [2H]C([2H])([2H])Nc1nc(-c2cnn(C)c2-c2c(F)cc3c(c2C#N)OC2(CC2)CN3CC)cc2c(CN)n[nH]c(=O)c12. The Morgan fingerprint density at radius 3 is 2.92 bits per heavy atom. The number of nitrogens with two attached hydrogens (primary N) is 1. The van der Waals surface area contributed by atoms with E-state index in [0.717, 1.165) is 12.8 Å². The van der Waals surface area contributed by atoms with Gasteiger partial charge >= 0.3 is 0 Å². The standard InChI is InChI=1S/C26H26FN9O2/c1-4-36-12-26(5-6-26)38-23-14(9-28)20(16(27)8-19(23)36)22-15(11-31-35(22)3)17-7-13-18(10-29)33-34-25(37)21(13)24(30-2)32-17/h7-8,11H,4-6,10,12,29H2,1-3H3,(H,30,32)(H,34,37)/i2D3. The molecule has 1 spiro atoms. The van der Waals surface area contributed by atoms with Gasteiger partial charge in [-0.05, 0) is 25.8 Å². The summed E-state index contributed by atoms with van der Waals surface area (Å²) in [7, 11) is 1.60. The van der Waals surface area contributed by atoms with Gasteiger partial charge in [-0.25, -0.2) is 14.5 Å². The second kappa shape index (κ2) is 8.53. The molecule has 0 amide bonds. The minimum absolute atomic E-state index is 0.0229. The Bertz CT molecular complexity index is 1820. The van der Waals surface area contributed by atoms with Gasteiger partial charge < -0.3 is 20.7 Å². The first-order valence-corrected chi connectivity index (χ1v) is 12.1. The summed E-state index contributed by atoms with van der Waals surface area (Å²) < 4.78 is 47.0. The second-order valence-electron chi connectivity index (χ2n) is 9.51. The minimum atomic E-state index is -2.69. The van der Waals surface area contributed by atoms with Crippen molar-refractivity contribution in [3.8, 4) is 34.3 Å². The first-order chi connectivity index (χ1) is 19.5. The van der Waals surface area contributed by atoms with Crippen molar-refractivity contribution in [3.63, 3.8) is 0 Å². The van der Waals surface area contributed by atoms with Gasteiger partial charge in [-0.2, -0.15) is 15.5 Å². The summed E-state index contributed by atoms with van der Waals surface area (Å²) in [6.45, 7) is 0.460. The molecule has 11 nitrogen and oxygen atoms in total. The summed E-state index contributed by atoms with van der Waals surface area (Å²) in [6.07, 6.45) is 3.12. The number of hydrogen-bond acceptors (Lipinski definition) is 9. The molecule has 0 atom stereocenters. The minimum Gasteiger partial charge on any atom is -0.482 e. The fourth-order valence-electron chi connectivity index (χ4n) is 5.20. The number of nitriles is 1. The third-order valence-corrected chi connectivity index (χ3v) is 7.26. The molecule has 2 aliphatic rings. The summed E-state index contributed by atoms with van der Waals surface area (Å²) in [5.74, 6) is -0.560. The Kier molecular flexibility index (Phi) is 4.61. The maximum Gasteiger partial charge on any atom is 0.275 e. The molecule has 4 N–H and O–H groups in total. The van der Waals surface area contributed by atoms with E-state index in [2.05, 4.69) is 31.7 Å². The number of likely N-dealkylation sites (N-methyl/N-ethyl adjacent to an activating group) is 1. The number of hydrogen-bond donors (Lipinski definition) is 3. The van der Waals surface area contributed by atoms with Crippen molar-refractivity contribution >= 4 is 22.3 Å². The number of aromatic amines is 1. The molecule has 1 aliphatic heterocycles. The zero-order valence-electron chi connectivity index (χ0n) is 23.7. The molecule has 0 unspecified atom stereocenters. The maximum absolute atomic E-state index is 16.1. The van der Waals surface area contributed by atoms with Crippen LogP contribution in [0.1, 0.15) is 35.1 Å². The number of nitrogens with zero attached hydrogens (tertiary/aromatic N) is 6. The molecule has 1 aromatic carbocycles. The first kappa shape index (κ1) is 20.5. The highest BCUT2D eigenvalue weighted by atomic mass is 19.1. The van der Waals surface area contributed by atoms with E-state index >= 15 is 4.39 Å². The zero-order valence-corrected chi connectivity index (χ0v) is 20.7. The molecule has 1 fully saturated rings. The lowest BCUT2D eigenvalue weighted by Gasteiger charge is -2.37. The van der Waals surface area contributed by atoms with E-state index in [-0.39, 0.29) is 45.6 Å². The number of nitrogens with one attached hydrogen (secondary N) is 2. The van der Waals surface area contributed by atoms with Crippen LogP contribution < -0.4 is 26.2 Å². The molecule has 3 aromatic heterocycles. The van der Waals surface area contributed by atoms with E-state index in [1.807, 2.05) is 11.8 Å². The van der Waals surface area contributed by atoms with Crippen molar-refractivity contribution < 1.29 is 13.2 Å². The van der Waals surface area contributed by atoms with Gasteiger partial charge in [0.15, 0.2) is 5.75 Å². The monoisotopic (exact) mass is 518 g/mol. The number of pyridine rings is 1. The van der Waals surface area contributed by atoms with Gasteiger partial charge in [0.2, 0.25) is 0 Å². The molecule has 12 heteroatoms. The van der Waals surface area contributed by atoms with Crippen LogP contribution in [0.5, 0.6) is 5.75 Å². The molecule has 1 saturated carbocycles. The molecule has 38 heavy (non-hydrogen) atoms. The molecule has 1 aliphatic carbocycles. The number of H-pyrrole nitrogens is 1. The number of halogens is 1.